The van der Waals surface area contributed by atoms with Crippen molar-refractivity contribution in [1.82, 2.24) is 0 Å². The van der Waals surface area contributed by atoms with Gasteiger partial charge in [0.05, 0.1) is 5.56 Å². The molecular weight excluding hydrogens is 317 g/mol. The van der Waals surface area contributed by atoms with Gasteiger partial charge in [-0.25, -0.2) is 4.79 Å². The number of aryl methyl sites for hydroxylation is 2. The Morgan fingerprint density at radius 3 is 2.26 bits per heavy atom. The predicted molar refractivity (Wildman–Crippen MR) is 68.8 cm³/mol. The maximum Gasteiger partial charge on any atom is 0.335 e. The molecular formula is C15H13O3Y-. The third-order valence-electron chi connectivity index (χ3n) is 2.80. The maximum absolute atomic E-state index is 10.8. The summed E-state index contributed by atoms with van der Waals surface area (Å²) in [5, 5.41) is 18.8. The molecule has 0 bridgehead atoms. The number of benzene rings is 2. The molecule has 2 aromatic carbocycles. The van der Waals surface area contributed by atoms with Crippen LogP contribution in [0.3, 0.4) is 0 Å². The molecule has 0 fully saturated rings. The summed E-state index contributed by atoms with van der Waals surface area (Å²) >= 11 is 0. The predicted octanol–water partition coefficient (Wildman–Crippen LogP) is 3.17. The molecule has 2 rings (SSSR count). The number of aromatic carboxylic acids is 1. The molecule has 0 atom stereocenters. The van der Waals surface area contributed by atoms with Crippen LogP contribution in [0.5, 0.6) is 5.75 Å². The Hall–Kier alpha value is -1.19. The first-order valence-corrected chi connectivity index (χ1v) is 5.55. The van der Waals surface area contributed by atoms with Crippen LogP contribution in [0, 0.1) is 19.9 Å². The molecule has 0 aliphatic rings. The number of phenolic OH excluding ortho intramolecular Hbond substituents is 1. The molecule has 0 aromatic heterocycles. The van der Waals surface area contributed by atoms with Crippen LogP contribution in [0.15, 0.2) is 30.3 Å². The van der Waals surface area contributed by atoms with E-state index in [9.17, 15) is 9.90 Å². The van der Waals surface area contributed by atoms with E-state index in [4.69, 9.17) is 5.11 Å². The summed E-state index contributed by atoms with van der Waals surface area (Å²) in [7, 11) is 0. The molecule has 0 aliphatic carbocycles. The van der Waals surface area contributed by atoms with Crippen LogP contribution >= 0.6 is 0 Å². The fraction of sp³-hybridized carbons (Fsp3) is 0.133. The first kappa shape index (κ1) is 15.9. The average molecular weight is 330 g/mol. The Bertz CT molecular complexity index is 604. The number of hydrogen-bond donors (Lipinski definition) is 2. The zero-order chi connectivity index (χ0) is 13.3. The van der Waals surface area contributed by atoms with Gasteiger partial charge in [-0.15, -0.1) is 5.56 Å². The van der Waals surface area contributed by atoms with E-state index in [1.165, 1.54) is 12.1 Å². The second-order valence-electron chi connectivity index (χ2n) is 4.22. The number of phenols is 1. The molecule has 19 heavy (non-hydrogen) atoms. The van der Waals surface area contributed by atoms with E-state index in [1.807, 2.05) is 13.0 Å². The van der Waals surface area contributed by atoms with E-state index in [-0.39, 0.29) is 44.0 Å². The van der Waals surface area contributed by atoms with Crippen LogP contribution in [0.25, 0.3) is 11.1 Å². The summed E-state index contributed by atoms with van der Waals surface area (Å²) in [5.41, 5.74) is 3.34. The SMILES string of the molecule is Cc1[c-]c(C)c(O)c(-c2ccc(C(=O)O)cc2)c1.[Y]. The van der Waals surface area contributed by atoms with E-state index in [0.29, 0.717) is 11.1 Å². The van der Waals surface area contributed by atoms with Gasteiger partial charge in [0, 0.05) is 38.5 Å². The second-order valence-corrected chi connectivity index (χ2v) is 4.22. The van der Waals surface area contributed by atoms with Crippen molar-refractivity contribution < 1.29 is 47.7 Å². The third kappa shape index (κ3) is 3.43. The van der Waals surface area contributed by atoms with Gasteiger partial charge >= 0.3 is 5.97 Å². The molecule has 3 nitrogen and oxygen atoms in total. The van der Waals surface area contributed by atoms with Crippen LogP contribution in [0.2, 0.25) is 0 Å². The van der Waals surface area contributed by atoms with E-state index in [2.05, 4.69) is 6.07 Å². The molecule has 0 saturated heterocycles. The van der Waals surface area contributed by atoms with Gasteiger partial charge in [-0.1, -0.05) is 31.5 Å². The Morgan fingerprint density at radius 1 is 1.16 bits per heavy atom. The molecule has 0 amide bonds. The van der Waals surface area contributed by atoms with Gasteiger partial charge in [-0.2, -0.15) is 17.7 Å². The van der Waals surface area contributed by atoms with Gasteiger partial charge in [0.25, 0.3) is 0 Å². The molecule has 0 spiro atoms. The monoisotopic (exact) mass is 330 g/mol. The smallest absolute Gasteiger partial charge is 0.335 e. The molecule has 2 aromatic rings. The first-order valence-electron chi connectivity index (χ1n) is 5.55. The molecule has 0 unspecified atom stereocenters. The Kier molecular flexibility index (Phi) is 5.27. The van der Waals surface area contributed by atoms with Crippen molar-refractivity contribution in [1.29, 1.82) is 0 Å². The quantitative estimate of drug-likeness (QED) is 0.832. The van der Waals surface area contributed by atoms with E-state index in [1.54, 1.807) is 19.1 Å². The van der Waals surface area contributed by atoms with E-state index in [0.717, 1.165) is 11.1 Å². The summed E-state index contributed by atoms with van der Waals surface area (Å²) < 4.78 is 0. The number of aromatic hydroxyl groups is 1. The zero-order valence-electron chi connectivity index (χ0n) is 10.8. The maximum atomic E-state index is 10.8. The topological polar surface area (TPSA) is 57.5 Å². The minimum absolute atomic E-state index is 0. The summed E-state index contributed by atoms with van der Waals surface area (Å²) in [6, 6.07) is 11.3. The zero-order valence-corrected chi connectivity index (χ0v) is 13.6. The van der Waals surface area contributed by atoms with Gasteiger partial charge in [0.1, 0.15) is 0 Å². The Labute approximate surface area is 137 Å². The fourth-order valence-electron chi connectivity index (χ4n) is 1.89. The molecule has 0 heterocycles. The largest absolute Gasteiger partial charge is 0.565 e. The van der Waals surface area contributed by atoms with Gasteiger partial charge in [0.15, 0.2) is 0 Å². The number of hydrogen-bond acceptors (Lipinski definition) is 2. The van der Waals surface area contributed by atoms with Crippen LogP contribution in [0.1, 0.15) is 21.5 Å². The standard InChI is InChI=1S/C15H13O3.Y/c1-9-7-10(2)14(16)13(8-9)11-3-5-12(6-4-11)15(17)18;/h3-6,8,16H,1-2H3,(H,17,18);/q-1;. The van der Waals surface area contributed by atoms with Crippen LogP contribution in [-0.4, -0.2) is 16.2 Å². The number of rotatable bonds is 2. The first-order chi connectivity index (χ1) is 8.49. The minimum atomic E-state index is -0.959. The van der Waals surface area contributed by atoms with Crippen molar-refractivity contribution in [3.05, 3.63) is 53.1 Å². The van der Waals surface area contributed by atoms with E-state index >= 15 is 0 Å². The Balaban J connectivity index is 0.00000180. The molecule has 0 aliphatic heterocycles. The number of carboxylic acid groups (broad SMARTS) is 1. The summed E-state index contributed by atoms with van der Waals surface area (Å²) in [6.45, 7) is 3.69. The van der Waals surface area contributed by atoms with Crippen molar-refractivity contribution in [3.8, 4) is 16.9 Å². The van der Waals surface area contributed by atoms with Gasteiger partial charge in [0.2, 0.25) is 0 Å². The van der Waals surface area contributed by atoms with Crippen molar-refractivity contribution >= 4 is 5.97 Å². The van der Waals surface area contributed by atoms with Crippen LogP contribution in [0.4, 0.5) is 0 Å². The van der Waals surface area contributed by atoms with E-state index < -0.39 is 5.97 Å². The van der Waals surface area contributed by atoms with Crippen molar-refractivity contribution in [2.75, 3.05) is 0 Å². The van der Waals surface area contributed by atoms with Gasteiger partial charge in [-0.3, -0.25) is 0 Å². The summed E-state index contributed by atoms with van der Waals surface area (Å²) in [5.74, 6) is -0.775. The van der Waals surface area contributed by atoms with Crippen LogP contribution in [-0.2, 0) is 32.7 Å². The van der Waals surface area contributed by atoms with Crippen molar-refractivity contribution in [3.63, 3.8) is 0 Å². The summed E-state index contributed by atoms with van der Waals surface area (Å²) in [4.78, 5) is 10.8. The van der Waals surface area contributed by atoms with Crippen molar-refractivity contribution in [2.24, 2.45) is 0 Å². The Morgan fingerprint density at radius 2 is 1.74 bits per heavy atom. The second kappa shape index (κ2) is 6.31. The molecule has 1 radical (unpaired) electrons. The molecule has 0 saturated carbocycles. The molecule has 2 N–H and O–H groups in total. The average Bonchev–Trinajstić information content (AvgIpc) is 2.34. The normalized spacial score (nSPS) is 9.79. The van der Waals surface area contributed by atoms with Crippen LogP contribution < -0.4 is 0 Å². The minimum Gasteiger partial charge on any atom is -0.565 e. The number of carboxylic acids is 1. The number of carbonyl (C=O) groups is 1. The van der Waals surface area contributed by atoms with Crippen molar-refractivity contribution in [2.45, 2.75) is 13.8 Å². The fourth-order valence-corrected chi connectivity index (χ4v) is 1.89. The molecule has 4 heteroatoms. The molecule has 95 valence electrons. The van der Waals surface area contributed by atoms with Gasteiger partial charge < -0.3 is 10.2 Å². The third-order valence-corrected chi connectivity index (χ3v) is 2.80. The van der Waals surface area contributed by atoms with Gasteiger partial charge in [-0.05, 0) is 17.7 Å². The summed E-state index contributed by atoms with van der Waals surface area (Å²) in [6.07, 6.45) is 0.